The van der Waals surface area contributed by atoms with Gasteiger partial charge in [0.25, 0.3) is 0 Å². The van der Waals surface area contributed by atoms with Crippen LogP contribution in [0.2, 0.25) is 0 Å². The molecule has 1 aromatic rings. The van der Waals surface area contributed by atoms with Crippen molar-refractivity contribution in [3.05, 3.63) is 11.3 Å². The number of carbonyl (C=O) groups is 2. The number of aromatic nitrogens is 1. The van der Waals surface area contributed by atoms with Crippen LogP contribution in [0, 0.1) is 0 Å². The van der Waals surface area contributed by atoms with E-state index in [0.29, 0.717) is 18.8 Å². The fourth-order valence-corrected chi connectivity index (χ4v) is 2.18. The van der Waals surface area contributed by atoms with Crippen LogP contribution in [-0.4, -0.2) is 23.6 Å². The molecule has 1 N–H and O–H groups in total. The zero-order chi connectivity index (χ0) is 11.1. The molecular formula is C10H11N3O3. The third-order valence-corrected chi connectivity index (χ3v) is 2.99. The van der Waals surface area contributed by atoms with Crippen LogP contribution in [0.3, 0.4) is 0 Å². The first-order valence-electron chi connectivity index (χ1n) is 5.34. The first kappa shape index (κ1) is 9.38. The average molecular weight is 221 g/mol. The number of imide groups is 1. The Morgan fingerprint density at radius 2 is 2.12 bits per heavy atom. The minimum Gasteiger partial charge on any atom is -0.338 e. The minimum absolute atomic E-state index is 0.239. The quantitative estimate of drug-likeness (QED) is 0.753. The predicted molar refractivity (Wildman–Crippen MR) is 54.0 cm³/mol. The Morgan fingerprint density at radius 3 is 2.94 bits per heavy atom. The third kappa shape index (κ3) is 1.30. The maximum absolute atomic E-state index is 11.6. The Labute approximate surface area is 91.6 Å². The van der Waals surface area contributed by atoms with Gasteiger partial charge in [-0.25, -0.2) is 4.79 Å². The Hall–Kier alpha value is -1.85. The van der Waals surface area contributed by atoms with E-state index in [4.69, 9.17) is 4.52 Å². The molecule has 0 spiro atoms. The molecule has 0 aromatic carbocycles. The van der Waals surface area contributed by atoms with Crippen LogP contribution in [0.25, 0.3) is 0 Å². The lowest BCUT2D eigenvalue weighted by atomic mass is 10.2. The maximum atomic E-state index is 11.6. The second kappa shape index (κ2) is 3.33. The third-order valence-electron chi connectivity index (χ3n) is 2.99. The topological polar surface area (TPSA) is 75.4 Å². The number of carbonyl (C=O) groups excluding carboxylic acids is 2. The number of anilines is 1. The number of rotatable bonds is 1. The van der Waals surface area contributed by atoms with Crippen LogP contribution in [0.1, 0.15) is 24.1 Å². The van der Waals surface area contributed by atoms with Crippen LogP contribution in [-0.2, 0) is 17.6 Å². The van der Waals surface area contributed by atoms with E-state index in [0.717, 1.165) is 30.5 Å². The van der Waals surface area contributed by atoms with Gasteiger partial charge < -0.3 is 4.52 Å². The molecule has 1 aromatic heterocycles. The summed E-state index contributed by atoms with van der Waals surface area (Å²) in [6.45, 7) is 0.367. The first-order valence-corrected chi connectivity index (χ1v) is 5.34. The van der Waals surface area contributed by atoms with Crippen molar-refractivity contribution >= 4 is 17.8 Å². The Balaban J connectivity index is 1.92. The van der Waals surface area contributed by atoms with Gasteiger partial charge in [0.15, 0.2) is 0 Å². The van der Waals surface area contributed by atoms with E-state index >= 15 is 0 Å². The summed E-state index contributed by atoms with van der Waals surface area (Å²) < 4.78 is 5.19. The molecule has 0 unspecified atom stereocenters. The lowest BCUT2D eigenvalue weighted by molar-refractivity contribution is -0.120. The van der Waals surface area contributed by atoms with Crippen molar-refractivity contribution in [2.75, 3.05) is 11.4 Å². The highest BCUT2D eigenvalue weighted by molar-refractivity contribution is 6.05. The first-order chi connectivity index (χ1) is 7.75. The van der Waals surface area contributed by atoms with E-state index in [2.05, 4.69) is 10.5 Å². The highest BCUT2D eigenvalue weighted by Gasteiger charge is 2.31. The van der Waals surface area contributed by atoms with Crippen molar-refractivity contribution < 1.29 is 14.1 Å². The molecule has 0 radical (unpaired) electrons. The van der Waals surface area contributed by atoms with E-state index in [1.807, 2.05) is 0 Å². The van der Waals surface area contributed by atoms with Crippen LogP contribution < -0.4 is 10.2 Å². The summed E-state index contributed by atoms with van der Waals surface area (Å²) in [5.41, 5.74) is 1.96. The van der Waals surface area contributed by atoms with Gasteiger partial charge in [0, 0.05) is 18.5 Å². The molecule has 84 valence electrons. The number of fused-ring (bicyclic) bond motifs is 1. The predicted octanol–water partition coefficient (Wildman–Crippen LogP) is 0.610. The zero-order valence-electron chi connectivity index (χ0n) is 8.65. The average Bonchev–Trinajstić information content (AvgIpc) is 2.80. The standard InChI is InChI=1S/C10H11N3O3/c14-8-4-5-13(10(15)11-8)9-6-2-1-3-7(6)12-16-9/h1-5H2,(H,11,14,15). The van der Waals surface area contributed by atoms with Gasteiger partial charge in [-0.05, 0) is 19.3 Å². The molecule has 1 aliphatic carbocycles. The smallest absolute Gasteiger partial charge is 0.330 e. The lowest BCUT2D eigenvalue weighted by Crippen LogP contribution is -2.49. The van der Waals surface area contributed by atoms with E-state index in [9.17, 15) is 9.59 Å². The molecule has 1 fully saturated rings. The van der Waals surface area contributed by atoms with E-state index in [-0.39, 0.29) is 5.91 Å². The van der Waals surface area contributed by atoms with Crippen LogP contribution in [0.5, 0.6) is 0 Å². The Bertz CT molecular complexity index is 466. The van der Waals surface area contributed by atoms with Gasteiger partial charge in [-0.15, -0.1) is 0 Å². The minimum atomic E-state index is -0.415. The van der Waals surface area contributed by atoms with Crippen molar-refractivity contribution in [2.45, 2.75) is 25.7 Å². The van der Waals surface area contributed by atoms with Gasteiger partial charge >= 0.3 is 6.03 Å². The van der Waals surface area contributed by atoms with Crippen molar-refractivity contribution in [3.63, 3.8) is 0 Å². The van der Waals surface area contributed by atoms with Crippen LogP contribution in [0.15, 0.2) is 4.52 Å². The molecule has 6 nitrogen and oxygen atoms in total. The van der Waals surface area contributed by atoms with E-state index in [1.54, 1.807) is 0 Å². The van der Waals surface area contributed by atoms with Crippen LogP contribution >= 0.6 is 0 Å². The van der Waals surface area contributed by atoms with Crippen molar-refractivity contribution in [1.29, 1.82) is 0 Å². The fraction of sp³-hybridized carbons (Fsp3) is 0.500. The summed E-state index contributed by atoms with van der Waals surface area (Å²) >= 11 is 0. The molecule has 1 saturated heterocycles. The zero-order valence-corrected chi connectivity index (χ0v) is 8.65. The molecule has 0 bridgehead atoms. The summed E-state index contributed by atoms with van der Waals surface area (Å²) in [7, 11) is 0. The molecule has 2 aliphatic rings. The molecule has 0 atom stereocenters. The van der Waals surface area contributed by atoms with Gasteiger partial charge in [0.1, 0.15) is 0 Å². The van der Waals surface area contributed by atoms with Crippen LogP contribution in [0.4, 0.5) is 10.7 Å². The van der Waals surface area contributed by atoms with Crippen molar-refractivity contribution in [1.82, 2.24) is 10.5 Å². The number of nitrogens with one attached hydrogen (secondary N) is 1. The van der Waals surface area contributed by atoms with E-state index < -0.39 is 6.03 Å². The normalized spacial score (nSPS) is 19.9. The van der Waals surface area contributed by atoms with E-state index in [1.165, 1.54) is 4.90 Å². The van der Waals surface area contributed by atoms with Gasteiger partial charge in [-0.2, -0.15) is 0 Å². The number of nitrogens with zero attached hydrogens (tertiary/aromatic N) is 2. The molecule has 3 rings (SSSR count). The van der Waals surface area contributed by atoms with Crippen molar-refractivity contribution in [3.8, 4) is 0 Å². The molecule has 3 amide bonds. The number of aryl methyl sites for hydroxylation is 1. The number of hydrogen-bond acceptors (Lipinski definition) is 4. The van der Waals surface area contributed by atoms with Gasteiger partial charge in [0.05, 0.1) is 5.69 Å². The molecule has 0 saturated carbocycles. The number of amides is 3. The second-order valence-electron chi connectivity index (χ2n) is 4.02. The monoisotopic (exact) mass is 221 g/mol. The summed E-state index contributed by atoms with van der Waals surface area (Å²) in [6.07, 6.45) is 3.16. The fourth-order valence-electron chi connectivity index (χ4n) is 2.18. The van der Waals surface area contributed by atoms with Gasteiger partial charge in [0.2, 0.25) is 11.8 Å². The Morgan fingerprint density at radius 1 is 1.25 bits per heavy atom. The summed E-state index contributed by atoms with van der Waals surface area (Å²) in [5, 5.41) is 6.21. The SMILES string of the molecule is O=C1CCN(c2onc3c2CCC3)C(=O)N1. The van der Waals surface area contributed by atoms with Crippen molar-refractivity contribution in [2.24, 2.45) is 0 Å². The summed E-state index contributed by atoms with van der Waals surface area (Å²) in [5.74, 6) is 0.273. The van der Waals surface area contributed by atoms with Gasteiger partial charge in [-0.3, -0.25) is 15.0 Å². The Kier molecular flexibility index (Phi) is 1.95. The largest absolute Gasteiger partial charge is 0.338 e. The highest BCUT2D eigenvalue weighted by Crippen LogP contribution is 2.31. The number of urea groups is 1. The van der Waals surface area contributed by atoms with Gasteiger partial charge in [-0.1, -0.05) is 5.16 Å². The molecule has 16 heavy (non-hydrogen) atoms. The molecule has 2 heterocycles. The second-order valence-corrected chi connectivity index (χ2v) is 4.02. The molecule has 1 aliphatic heterocycles. The number of hydrogen-bond donors (Lipinski definition) is 1. The molecule has 6 heteroatoms. The lowest BCUT2D eigenvalue weighted by Gasteiger charge is -2.24. The summed E-state index contributed by atoms with van der Waals surface area (Å²) in [4.78, 5) is 24.1. The highest BCUT2D eigenvalue weighted by atomic mass is 16.5. The maximum Gasteiger partial charge on any atom is 0.330 e. The summed E-state index contributed by atoms with van der Waals surface area (Å²) in [6, 6.07) is -0.415. The molecular weight excluding hydrogens is 210 g/mol.